The van der Waals surface area contributed by atoms with Crippen molar-refractivity contribution in [1.29, 1.82) is 0 Å². The van der Waals surface area contributed by atoms with Gasteiger partial charge in [0.05, 0.1) is 19.4 Å². The van der Waals surface area contributed by atoms with Gasteiger partial charge >= 0.3 is 17.9 Å². The van der Waals surface area contributed by atoms with Crippen LogP contribution in [0.3, 0.4) is 0 Å². The summed E-state index contributed by atoms with van der Waals surface area (Å²) in [5, 5.41) is 0. The number of ether oxygens (including phenoxy) is 3. The Hall–Kier alpha value is -1.69. The third-order valence-corrected chi connectivity index (χ3v) is 1.78. The van der Waals surface area contributed by atoms with Gasteiger partial charge in [-0.15, -0.1) is 0 Å². The van der Waals surface area contributed by atoms with Crippen LogP contribution in [0.2, 0.25) is 0 Å². The minimum absolute atomic E-state index is 0.127. The van der Waals surface area contributed by atoms with E-state index in [0.717, 1.165) is 0 Å². The highest BCUT2D eigenvalue weighted by molar-refractivity contribution is 5.95. The zero-order valence-corrected chi connectivity index (χ0v) is 10.7. The number of carbonyl (C=O) groups excluding carboxylic acids is 3. The molecule has 0 amide bonds. The minimum atomic E-state index is -0.787. The molecule has 0 atom stereocenters. The zero-order valence-electron chi connectivity index (χ0n) is 10.7. The molecule has 0 unspecified atom stereocenters. The predicted octanol–water partition coefficient (Wildman–Crippen LogP) is 0.992. The van der Waals surface area contributed by atoms with Crippen molar-refractivity contribution >= 4 is 17.9 Å². The molecular weight excluding hydrogens is 240 g/mol. The van der Waals surface area contributed by atoms with E-state index in [4.69, 9.17) is 9.47 Å². The molecule has 18 heavy (non-hydrogen) atoms. The van der Waals surface area contributed by atoms with E-state index in [9.17, 15) is 14.4 Å². The van der Waals surface area contributed by atoms with Crippen LogP contribution in [0, 0.1) is 0 Å². The van der Waals surface area contributed by atoms with Gasteiger partial charge < -0.3 is 14.2 Å². The quantitative estimate of drug-likeness (QED) is 0.279. The van der Waals surface area contributed by atoms with Crippen LogP contribution < -0.4 is 0 Å². The van der Waals surface area contributed by atoms with E-state index in [1.807, 2.05) is 6.92 Å². The number of hydrogen-bond donors (Lipinski definition) is 0. The zero-order chi connectivity index (χ0) is 14.0. The Labute approximate surface area is 106 Å². The van der Waals surface area contributed by atoms with E-state index in [1.54, 1.807) is 0 Å². The second-order valence-corrected chi connectivity index (χ2v) is 3.46. The van der Waals surface area contributed by atoms with Crippen LogP contribution in [-0.2, 0) is 28.6 Å². The first-order valence-corrected chi connectivity index (χ1v) is 5.61. The first-order valence-electron chi connectivity index (χ1n) is 5.61. The third kappa shape index (κ3) is 8.46. The molecule has 6 heteroatoms. The first-order chi connectivity index (χ1) is 8.47. The van der Waals surface area contributed by atoms with Crippen molar-refractivity contribution in [2.75, 3.05) is 19.8 Å². The van der Waals surface area contributed by atoms with Crippen molar-refractivity contribution in [2.45, 2.75) is 26.7 Å². The van der Waals surface area contributed by atoms with Gasteiger partial charge in [-0.3, -0.25) is 9.59 Å². The van der Waals surface area contributed by atoms with E-state index >= 15 is 0 Å². The molecule has 0 bridgehead atoms. The smallest absolute Gasteiger partial charge is 0.340 e. The molecule has 0 aromatic carbocycles. The topological polar surface area (TPSA) is 78.9 Å². The second-order valence-electron chi connectivity index (χ2n) is 3.46. The van der Waals surface area contributed by atoms with Gasteiger partial charge in [0, 0.05) is 12.2 Å². The summed E-state index contributed by atoms with van der Waals surface area (Å²) in [4.78, 5) is 33.2. The second kappa shape index (κ2) is 9.35. The fraction of sp³-hybridized carbons (Fsp3) is 0.583. The third-order valence-electron chi connectivity index (χ3n) is 1.78. The number of carbonyl (C=O) groups is 3. The van der Waals surface area contributed by atoms with E-state index in [-0.39, 0.29) is 25.0 Å². The van der Waals surface area contributed by atoms with Gasteiger partial charge in [0.2, 0.25) is 0 Å². The molecular formula is C12H18O6. The van der Waals surface area contributed by atoms with Crippen molar-refractivity contribution in [1.82, 2.24) is 0 Å². The lowest BCUT2D eigenvalue weighted by Crippen LogP contribution is -2.16. The minimum Gasteiger partial charge on any atom is -0.463 e. The molecule has 0 fully saturated rings. The Morgan fingerprint density at radius 2 is 1.67 bits per heavy atom. The van der Waals surface area contributed by atoms with Gasteiger partial charge in [-0.05, 0) is 13.8 Å². The average molecular weight is 258 g/mol. The summed E-state index contributed by atoms with van der Waals surface area (Å²) in [6.07, 6.45) is -0.332. The summed E-state index contributed by atoms with van der Waals surface area (Å²) in [7, 11) is 0. The predicted molar refractivity (Wildman–Crippen MR) is 62.6 cm³/mol. The van der Waals surface area contributed by atoms with Gasteiger partial charge in [0.1, 0.15) is 6.61 Å². The summed E-state index contributed by atoms with van der Waals surface area (Å²) in [6.45, 7) is 7.60. The highest BCUT2D eigenvalue weighted by Gasteiger charge is 2.13. The van der Waals surface area contributed by atoms with Gasteiger partial charge in [0.15, 0.2) is 0 Å². The standard InChI is InChI=1S/C12H18O6/c1-4-16-7-8-17-10(13)5-6-11(14)18-12(15)9(2)3/h2,4-8H2,1,3H3. The summed E-state index contributed by atoms with van der Waals surface area (Å²) in [6, 6.07) is 0. The maximum Gasteiger partial charge on any atom is 0.340 e. The molecule has 0 rings (SSSR count). The van der Waals surface area contributed by atoms with E-state index in [0.29, 0.717) is 13.2 Å². The van der Waals surface area contributed by atoms with Crippen molar-refractivity contribution in [2.24, 2.45) is 0 Å². The van der Waals surface area contributed by atoms with Crippen LogP contribution >= 0.6 is 0 Å². The van der Waals surface area contributed by atoms with Crippen LogP contribution in [0.4, 0.5) is 0 Å². The SMILES string of the molecule is C=C(C)C(=O)OC(=O)CCC(=O)OCCOCC. The highest BCUT2D eigenvalue weighted by atomic mass is 16.6. The molecule has 0 aliphatic carbocycles. The van der Waals surface area contributed by atoms with Gasteiger partial charge in [-0.25, -0.2) is 4.79 Å². The molecule has 0 saturated carbocycles. The molecule has 0 heterocycles. The Morgan fingerprint density at radius 3 is 2.22 bits per heavy atom. The molecule has 0 spiro atoms. The van der Waals surface area contributed by atoms with Crippen LogP contribution in [0.25, 0.3) is 0 Å². The molecule has 0 aromatic heterocycles. The normalized spacial score (nSPS) is 9.67. The fourth-order valence-corrected chi connectivity index (χ4v) is 0.877. The van der Waals surface area contributed by atoms with Crippen molar-refractivity contribution < 1.29 is 28.6 Å². The lowest BCUT2D eigenvalue weighted by Gasteiger charge is -2.04. The molecule has 0 aliphatic rings. The fourth-order valence-electron chi connectivity index (χ4n) is 0.877. The van der Waals surface area contributed by atoms with Crippen LogP contribution in [-0.4, -0.2) is 37.7 Å². The van der Waals surface area contributed by atoms with Crippen LogP contribution in [0.1, 0.15) is 26.7 Å². The van der Waals surface area contributed by atoms with Crippen molar-refractivity contribution in [3.63, 3.8) is 0 Å². The van der Waals surface area contributed by atoms with Crippen molar-refractivity contribution in [3.05, 3.63) is 12.2 Å². The highest BCUT2D eigenvalue weighted by Crippen LogP contribution is 1.99. The summed E-state index contributed by atoms with van der Waals surface area (Å²) in [5.41, 5.74) is 0.127. The monoisotopic (exact) mass is 258 g/mol. The molecule has 0 radical (unpaired) electrons. The van der Waals surface area contributed by atoms with E-state index < -0.39 is 17.9 Å². The number of esters is 3. The average Bonchev–Trinajstić information content (AvgIpc) is 2.32. The Bertz CT molecular complexity index is 321. The Kier molecular flexibility index (Phi) is 8.47. The molecule has 0 saturated heterocycles. The van der Waals surface area contributed by atoms with E-state index in [1.165, 1.54) is 6.92 Å². The molecule has 0 aromatic rings. The van der Waals surface area contributed by atoms with Crippen LogP contribution in [0.15, 0.2) is 12.2 Å². The summed E-state index contributed by atoms with van der Waals surface area (Å²) < 4.78 is 14.1. The lowest BCUT2D eigenvalue weighted by atomic mass is 10.3. The number of rotatable bonds is 8. The van der Waals surface area contributed by atoms with Crippen molar-refractivity contribution in [3.8, 4) is 0 Å². The van der Waals surface area contributed by atoms with Gasteiger partial charge in [-0.1, -0.05) is 6.58 Å². The van der Waals surface area contributed by atoms with E-state index in [2.05, 4.69) is 11.3 Å². The molecule has 0 N–H and O–H groups in total. The Balaban J connectivity index is 3.68. The first kappa shape index (κ1) is 16.3. The molecule has 102 valence electrons. The van der Waals surface area contributed by atoms with Crippen LogP contribution in [0.5, 0.6) is 0 Å². The maximum atomic E-state index is 11.1. The lowest BCUT2D eigenvalue weighted by molar-refractivity contribution is -0.159. The Morgan fingerprint density at radius 1 is 1.06 bits per heavy atom. The largest absolute Gasteiger partial charge is 0.463 e. The van der Waals surface area contributed by atoms with Gasteiger partial charge in [0.25, 0.3) is 0 Å². The summed E-state index contributed by atoms with van der Waals surface area (Å²) in [5.74, 6) is -2.09. The molecule has 6 nitrogen and oxygen atoms in total. The maximum absolute atomic E-state index is 11.1. The van der Waals surface area contributed by atoms with Gasteiger partial charge in [-0.2, -0.15) is 0 Å². The molecule has 0 aliphatic heterocycles. The summed E-state index contributed by atoms with van der Waals surface area (Å²) >= 11 is 0. The number of hydrogen-bond acceptors (Lipinski definition) is 6.